The van der Waals surface area contributed by atoms with Crippen LogP contribution in [0.5, 0.6) is 5.88 Å². The summed E-state index contributed by atoms with van der Waals surface area (Å²) in [6.07, 6.45) is -0.509. The van der Waals surface area contributed by atoms with Gasteiger partial charge in [0.05, 0.1) is 22.5 Å². The summed E-state index contributed by atoms with van der Waals surface area (Å²) in [4.78, 5) is 23.9. The number of carbonyl (C=O) groups excluding carboxylic acids is 1. The summed E-state index contributed by atoms with van der Waals surface area (Å²) in [5.41, 5.74) is -0.342. The van der Waals surface area contributed by atoms with Crippen LogP contribution in [-0.4, -0.2) is 31.9 Å². The van der Waals surface area contributed by atoms with Crippen molar-refractivity contribution in [3.8, 4) is 11.6 Å². The van der Waals surface area contributed by atoms with Crippen LogP contribution >= 0.6 is 23.2 Å². The van der Waals surface area contributed by atoms with Crippen molar-refractivity contribution in [2.24, 2.45) is 0 Å². The van der Waals surface area contributed by atoms with Crippen LogP contribution < -0.4 is 5.32 Å². The van der Waals surface area contributed by atoms with Crippen molar-refractivity contribution in [1.82, 2.24) is 15.1 Å². The zero-order valence-electron chi connectivity index (χ0n) is 14.9. The van der Waals surface area contributed by atoms with Crippen molar-refractivity contribution < 1.29 is 28.6 Å². The molecule has 0 saturated carbocycles. The van der Waals surface area contributed by atoms with Gasteiger partial charge in [0.1, 0.15) is 11.5 Å². The average Bonchev–Trinajstić information content (AvgIpc) is 3.05. The molecule has 11 heteroatoms. The molecule has 1 atom stereocenters. The lowest BCUT2D eigenvalue weighted by Crippen LogP contribution is -2.30. The molecule has 30 heavy (non-hydrogen) atoms. The number of hydrogen-bond acceptors (Lipinski definition) is 4. The van der Waals surface area contributed by atoms with Crippen LogP contribution in [0.3, 0.4) is 0 Å². The van der Waals surface area contributed by atoms with E-state index in [9.17, 15) is 28.6 Å². The Morgan fingerprint density at radius 2 is 1.90 bits per heavy atom. The van der Waals surface area contributed by atoms with E-state index in [2.05, 4.69) is 10.4 Å². The number of carboxylic acids is 1. The van der Waals surface area contributed by atoms with Crippen LogP contribution in [0.15, 0.2) is 42.5 Å². The van der Waals surface area contributed by atoms with Crippen molar-refractivity contribution in [2.45, 2.75) is 12.5 Å². The Bertz CT molecular complexity index is 1140. The third kappa shape index (κ3) is 4.52. The van der Waals surface area contributed by atoms with Crippen molar-refractivity contribution in [1.29, 1.82) is 0 Å². The van der Waals surface area contributed by atoms with Crippen LogP contribution in [0.1, 0.15) is 28.5 Å². The van der Waals surface area contributed by atoms with Crippen molar-refractivity contribution in [2.75, 3.05) is 0 Å². The number of carbonyl (C=O) groups is 2. The molecule has 0 aliphatic heterocycles. The summed E-state index contributed by atoms with van der Waals surface area (Å²) in [6.45, 7) is 0. The third-order valence-electron chi connectivity index (χ3n) is 4.10. The number of aromatic hydroxyl groups is 1. The Balaban J connectivity index is 1.91. The lowest BCUT2D eigenvalue weighted by molar-refractivity contribution is -0.137. The quantitative estimate of drug-likeness (QED) is 0.518. The molecule has 0 bridgehead atoms. The Hall–Kier alpha value is -3.17. The molecule has 0 spiro atoms. The second-order valence-corrected chi connectivity index (χ2v) is 6.95. The molecule has 0 saturated heterocycles. The van der Waals surface area contributed by atoms with E-state index in [-0.39, 0.29) is 27.0 Å². The number of benzene rings is 2. The Kier molecular flexibility index (Phi) is 6.23. The molecule has 3 aromatic rings. The number of rotatable bonds is 6. The number of aromatic nitrogens is 2. The molecule has 1 heterocycles. The maximum Gasteiger partial charge on any atom is 0.305 e. The smallest absolute Gasteiger partial charge is 0.305 e. The number of hydrogen-bond donors (Lipinski definition) is 3. The van der Waals surface area contributed by atoms with Gasteiger partial charge in [-0.25, -0.2) is 8.78 Å². The zero-order chi connectivity index (χ0) is 22.0. The molecule has 156 valence electrons. The maximum atomic E-state index is 14.0. The summed E-state index contributed by atoms with van der Waals surface area (Å²) in [5.74, 6) is -4.47. The van der Waals surface area contributed by atoms with Crippen LogP contribution in [0.25, 0.3) is 5.69 Å². The molecule has 3 N–H and O–H groups in total. The molecule has 3 rings (SSSR count). The zero-order valence-corrected chi connectivity index (χ0v) is 16.5. The number of carboxylic acid groups (broad SMARTS) is 1. The lowest BCUT2D eigenvalue weighted by atomic mass is 10.0. The molecule has 0 unspecified atom stereocenters. The van der Waals surface area contributed by atoms with E-state index in [1.54, 1.807) is 6.07 Å². The molecular formula is C19H13Cl2F2N3O4. The first-order chi connectivity index (χ1) is 14.2. The van der Waals surface area contributed by atoms with Crippen LogP contribution in [0.2, 0.25) is 10.0 Å². The number of halogens is 4. The minimum absolute atomic E-state index is 0.0764. The fraction of sp³-hybridized carbons (Fsp3) is 0.105. The fourth-order valence-electron chi connectivity index (χ4n) is 2.75. The molecule has 7 nitrogen and oxygen atoms in total. The summed E-state index contributed by atoms with van der Waals surface area (Å²) < 4.78 is 27.8. The topological polar surface area (TPSA) is 104 Å². The van der Waals surface area contributed by atoms with E-state index >= 15 is 0 Å². The second kappa shape index (κ2) is 8.68. The summed E-state index contributed by atoms with van der Waals surface area (Å²) in [6, 6.07) is 7.05. The monoisotopic (exact) mass is 455 g/mol. The fourth-order valence-corrected chi connectivity index (χ4v) is 3.19. The first-order valence-electron chi connectivity index (χ1n) is 8.38. The molecule has 0 aliphatic rings. The predicted molar refractivity (Wildman–Crippen MR) is 104 cm³/mol. The number of nitrogens with one attached hydrogen (secondary N) is 1. The first-order valence-corrected chi connectivity index (χ1v) is 9.14. The maximum absolute atomic E-state index is 14.0. The predicted octanol–water partition coefficient (Wildman–Crippen LogP) is 4.11. The standard InChI is InChI=1S/C19H13Cl2F2N3O4/c20-11-3-1-2-10(18(11)21)13(8-17(28)29)24-19(30)14-7-16(27)26(25-14)15-5-4-9(22)6-12(15)23/h1-7,13,27H,8H2,(H,24,30)(H,28,29)/t13-/m0/s1. The largest absolute Gasteiger partial charge is 0.493 e. The molecule has 2 aromatic carbocycles. The number of amides is 1. The molecule has 0 radical (unpaired) electrons. The van der Waals surface area contributed by atoms with Crippen LogP contribution in [-0.2, 0) is 4.79 Å². The van der Waals surface area contributed by atoms with Gasteiger partial charge >= 0.3 is 5.97 Å². The molecule has 0 fully saturated rings. The second-order valence-electron chi connectivity index (χ2n) is 6.16. The number of nitrogens with zero attached hydrogens (tertiary/aromatic N) is 2. The molecule has 0 aliphatic carbocycles. The van der Waals surface area contributed by atoms with Gasteiger partial charge in [-0.2, -0.15) is 9.78 Å². The van der Waals surface area contributed by atoms with Crippen molar-refractivity contribution >= 4 is 35.1 Å². The van der Waals surface area contributed by atoms with E-state index in [0.29, 0.717) is 10.7 Å². The Labute approximate surface area is 178 Å². The molecule has 1 aromatic heterocycles. The average molecular weight is 456 g/mol. The van der Waals surface area contributed by atoms with E-state index in [4.69, 9.17) is 23.2 Å². The van der Waals surface area contributed by atoms with Crippen LogP contribution in [0, 0.1) is 11.6 Å². The van der Waals surface area contributed by atoms with Gasteiger partial charge < -0.3 is 15.5 Å². The molecule has 1 amide bonds. The first kappa shape index (κ1) is 21.5. The van der Waals surface area contributed by atoms with E-state index in [1.165, 1.54) is 12.1 Å². The Morgan fingerprint density at radius 1 is 1.17 bits per heavy atom. The van der Waals surface area contributed by atoms with Crippen molar-refractivity contribution in [3.63, 3.8) is 0 Å². The SMILES string of the molecule is O=C(O)C[C@H](NC(=O)c1cc(O)n(-c2ccc(F)cc2F)n1)c1cccc(Cl)c1Cl. The van der Waals surface area contributed by atoms with E-state index < -0.39 is 41.9 Å². The highest BCUT2D eigenvalue weighted by atomic mass is 35.5. The highest BCUT2D eigenvalue weighted by Gasteiger charge is 2.24. The third-order valence-corrected chi connectivity index (χ3v) is 4.94. The summed E-state index contributed by atoms with van der Waals surface area (Å²) in [7, 11) is 0. The van der Waals surface area contributed by atoms with Gasteiger partial charge in [-0.1, -0.05) is 35.3 Å². The Morgan fingerprint density at radius 3 is 2.57 bits per heavy atom. The van der Waals surface area contributed by atoms with Gasteiger partial charge in [-0.3, -0.25) is 9.59 Å². The van der Waals surface area contributed by atoms with Gasteiger partial charge in [-0.05, 0) is 23.8 Å². The van der Waals surface area contributed by atoms with Gasteiger partial charge in [-0.15, -0.1) is 0 Å². The molecular weight excluding hydrogens is 443 g/mol. The van der Waals surface area contributed by atoms with Gasteiger partial charge in [0.25, 0.3) is 5.91 Å². The minimum Gasteiger partial charge on any atom is -0.493 e. The normalized spacial score (nSPS) is 11.9. The highest BCUT2D eigenvalue weighted by molar-refractivity contribution is 6.42. The van der Waals surface area contributed by atoms with E-state index in [1.807, 2.05) is 0 Å². The van der Waals surface area contributed by atoms with Gasteiger partial charge in [0, 0.05) is 12.1 Å². The summed E-state index contributed by atoms with van der Waals surface area (Å²) in [5, 5.41) is 25.7. The van der Waals surface area contributed by atoms with Crippen molar-refractivity contribution in [3.05, 3.63) is 75.4 Å². The lowest BCUT2D eigenvalue weighted by Gasteiger charge is -2.18. The van der Waals surface area contributed by atoms with Gasteiger partial charge in [0.2, 0.25) is 5.88 Å². The summed E-state index contributed by atoms with van der Waals surface area (Å²) >= 11 is 12.1. The van der Waals surface area contributed by atoms with Crippen LogP contribution in [0.4, 0.5) is 8.78 Å². The highest BCUT2D eigenvalue weighted by Crippen LogP contribution is 2.32. The van der Waals surface area contributed by atoms with E-state index in [0.717, 1.165) is 18.2 Å². The van der Waals surface area contributed by atoms with Gasteiger partial charge in [0.15, 0.2) is 11.5 Å². The number of aliphatic carboxylic acids is 1. The minimum atomic E-state index is -1.21.